The van der Waals surface area contributed by atoms with Crippen molar-refractivity contribution in [2.45, 2.75) is 11.8 Å². The van der Waals surface area contributed by atoms with Crippen molar-refractivity contribution in [2.75, 3.05) is 0 Å². The van der Waals surface area contributed by atoms with Crippen molar-refractivity contribution in [1.29, 1.82) is 0 Å². The van der Waals surface area contributed by atoms with Crippen LogP contribution in [0.3, 0.4) is 0 Å². The summed E-state index contributed by atoms with van der Waals surface area (Å²) in [6, 6.07) is 11.3. The van der Waals surface area contributed by atoms with Crippen molar-refractivity contribution in [3.63, 3.8) is 0 Å². The first-order valence-electron chi connectivity index (χ1n) is 5.34. The molecule has 4 heteroatoms. The molecular weight excluding hydrogens is 354 g/mol. The number of alkyl halides is 1. The fourth-order valence-corrected chi connectivity index (χ4v) is 3.41. The van der Waals surface area contributed by atoms with E-state index in [0.29, 0.717) is 10.0 Å². The van der Waals surface area contributed by atoms with Crippen LogP contribution in [0.4, 0.5) is 0 Å². The van der Waals surface area contributed by atoms with Crippen molar-refractivity contribution in [1.82, 2.24) is 0 Å². The molecule has 2 aromatic rings. The minimum absolute atomic E-state index is 0.0731. The van der Waals surface area contributed by atoms with Crippen LogP contribution in [0.2, 0.25) is 15.1 Å². The molecule has 0 N–H and O–H groups in total. The van der Waals surface area contributed by atoms with Gasteiger partial charge in [-0.2, -0.15) is 0 Å². The van der Waals surface area contributed by atoms with Crippen molar-refractivity contribution < 1.29 is 0 Å². The van der Waals surface area contributed by atoms with Gasteiger partial charge in [-0.3, -0.25) is 0 Å². The molecule has 0 nitrogen and oxygen atoms in total. The van der Waals surface area contributed by atoms with E-state index in [1.54, 1.807) is 12.1 Å². The van der Waals surface area contributed by atoms with Gasteiger partial charge in [-0.05, 0) is 41.8 Å². The molecule has 0 aliphatic heterocycles. The molecule has 1 atom stereocenters. The summed E-state index contributed by atoms with van der Waals surface area (Å²) in [5, 5.41) is 2.07. The number of hydrogen-bond donors (Lipinski definition) is 0. The van der Waals surface area contributed by atoms with Gasteiger partial charge in [0, 0.05) is 15.1 Å². The summed E-state index contributed by atoms with van der Waals surface area (Å²) in [6.45, 7) is 1.98. The van der Waals surface area contributed by atoms with Crippen LogP contribution in [0.5, 0.6) is 0 Å². The predicted octanol–water partition coefficient (Wildman–Crippen LogP) is 6.44. The molecule has 2 rings (SSSR count). The highest BCUT2D eigenvalue weighted by Gasteiger charge is 2.17. The third-order valence-corrected chi connectivity index (χ3v) is 4.81. The summed E-state index contributed by atoms with van der Waals surface area (Å²) < 4.78 is 0. The lowest BCUT2D eigenvalue weighted by Gasteiger charge is -2.15. The Morgan fingerprint density at radius 2 is 1.72 bits per heavy atom. The van der Waals surface area contributed by atoms with E-state index in [2.05, 4.69) is 15.9 Å². The highest BCUT2D eigenvalue weighted by atomic mass is 79.9. The Morgan fingerprint density at radius 3 is 2.44 bits per heavy atom. The molecule has 0 saturated carbocycles. The summed E-state index contributed by atoms with van der Waals surface area (Å²) >= 11 is 22.2. The lowest BCUT2D eigenvalue weighted by molar-refractivity contribution is 1.17. The lowest BCUT2D eigenvalue weighted by Crippen LogP contribution is -1.96. The molecule has 0 heterocycles. The fourth-order valence-electron chi connectivity index (χ4n) is 1.74. The molecule has 0 aliphatic carbocycles. The smallest absolute Gasteiger partial charge is 0.0674 e. The molecule has 0 radical (unpaired) electrons. The standard InChI is InChI=1S/C14H10BrCl3/c1-8-3-2-4-10(14(8)18)13(15)11-7-9(16)5-6-12(11)17/h2-7,13H,1H3. The zero-order chi connectivity index (χ0) is 13.3. The van der Waals surface area contributed by atoms with Gasteiger partial charge in [0.15, 0.2) is 0 Å². The number of rotatable bonds is 2. The van der Waals surface area contributed by atoms with Crippen molar-refractivity contribution in [2.24, 2.45) is 0 Å². The van der Waals surface area contributed by atoms with E-state index in [0.717, 1.165) is 21.7 Å². The second-order valence-corrected chi connectivity index (χ2v) is 6.14. The van der Waals surface area contributed by atoms with E-state index in [1.165, 1.54) is 0 Å². The zero-order valence-electron chi connectivity index (χ0n) is 9.55. The van der Waals surface area contributed by atoms with Crippen LogP contribution in [0.25, 0.3) is 0 Å². The minimum atomic E-state index is -0.0731. The first-order chi connectivity index (χ1) is 8.50. The zero-order valence-corrected chi connectivity index (χ0v) is 13.4. The molecule has 2 aromatic carbocycles. The van der Waals surface area contributed by atoms with E-state index < -0.39 is 0 Å². The van der Waals surface area contributed by atoms with Crippen LogP contribution in [0.1, 0.15) is 21.5 Å². The van der Waals surface area contributed by atoms with Crippen LogP contribution >= 0.6 is 50.7 Å². The van der Waals surface area contributed by atoms with Crippen molar-refractivity contribution in [3.05, 3.63) is 68.2 Å². The van der Waals surface area contributed by atoms with E-state index in [4.69, 9.17) is 34.8 Å². The highest BCUT2D eigenvalue weighted by Crippen LogP contribution is 2.40. The summed E-state index contributed by atoms with van der Waals surface area (Å²) in [5.41, 5.74) is 2.94. The third kappa shape index (κ3) is 2.85. The Hall–Kier alpha value is -0.210. The number of aryl methyl sites for hydroxylation is 1. The van der Waals surface area contributed by atoms with E-state index >= 15 is 0 Å². The molecule has 0 fully saturated rings. The summed E-state index contributed by atoms with van der Waals surface area (Å²) in [7, 11) is 0. The van der Waals surface area contributed by atoms with Crippen LogP contribution in [0.15, 0.2) is 36.4 Å². The minimum Gasteiger partial charge on any atom is -0.0843 e. The first kappa shape index (κ1) is 14.2. The molecule has 0 aliphatic rings. The Balaban J connectivity index is 2.51. The average Bonchev–Trinajstić information content (AvgIpc) is 2.35. The number of benzene rings is 2. The lowest BCUT2D eigenvalue weighted by atomic mass is 10.0. The normalized spacial score (nSPS) is 12.5. The topological polar surface area (TPSA) is 0 Å². The monoisotopic (exact) mass is 362 g/mol. The van der Waals surface area contributed by atoms with Gasteiger partial charge in [0.25, 0.3) is 0 Å². The second-order valence-electron chi connectivity index (χ2n) is 4.01. The molecular formula is C14H10BrCl3. The summed E-state index contributed by atoms with van der Waals surface area (Å²) in [6.07, 6.45) is 0. The maximum absolute atomic E-state index is 6.32. The number of halogens is 4. The van der Waals surface area contributed by atoms with Crippen molar-refractivity contribution >= 4 is 50.7 Å². The van der Waals surface area contributed by atoms with Gasteiger partial charge in [-0.15, -0.1) is 0 Å². The van der Waals surface area contributed by atoms with Gasteiger partial charge < -0.3 is 0 Å². The van der Waals surface area contributed by atoms with Crippen LogP contribution in [-0.4, -0.2) is 0 Å². The average molecular weight is 364 g/mol. The Morgan fingerprint density at radius 1 is 1.00 bits per heavy atom. The highest BCUT2D eigenvalue weighted by molar-refractivity contribution is 9.09. The summed E-state index contributed by atoms with van der Waals surface area (Å²) in [5.74, 6) is 0. The molecule has 0 spiro atoms. The van der Waals surface area contributed by atoms with Crippen LogP contribution < -0.4 is 0 Å². The SMILES string of the molecule is Cc1cccc(C(Br)c2cc(Cl)ccc2Cl)c1Cl. The van der Waals surface area contributed by atoms with Crippen LogP contribution in [0, 0.1) is 6.92 Å². The van der Waals surface area contributed by atoms with E-state index in [1.807, 2.05) is 31.2 Å². The Bertz CT molecular complexity index is 579. The van der Waals surface area contributed by atoms with Crippen molar-refractivity contribution in [3.8, 4) is 0 Å². The Kier molecular flexibility index (Phi) is 4.60. The fraction of sp³-hybridized carbons (Fsp3) is 0.143. The van der Waals surface area contributed by atoms with Gasteiger partial charge in [0.1, 0.15) is 0 Å². The van der Waals surface area contributed by atoms with Gasteiger partial charge in [0.05, 0.1) is 4.83 Å². The molecule has 0 aromatic heterocycles. The summed E-state index contributed by atoms with van der Waals surface area (Å²) in [4.78, 5) is -0.0731. The van der Waals surface area contributed by atoms with E-state index in [9.17, 15) is 0 Å². The van der Waals surface area contributed by atoms with Crippen LogP contribution in [-0.2, 0) is 0 Å². The molecule has 0 saturated heterocycles. The maximum atomic E-state index is 6.32. The molecule has 0 amide bonds. The largest absolute Gasteiger partial charge is 0.0843 e. The first-order valence-corrected chi connectivity index (χ1v) is 7.39. The second kappa shape index (κ2) is 5.83. The van der Waals surface area contributed by atoms with Gasteiger partial charge in [0.2, 0.25) is 0 Å². The third-order valence-electron chi connectivity index (χ3n) is 2.73. The van der Waals surface area contributed by atoms with Gasteiger partial charge in [-0.25, -0.2) is 0 Å². The molecule has 0 bridgehead atoms. The predicted molar refractivity (Wildman–Crippen MR) is 83.4 cm³/mol. The molecule has 1 unspecified atom stereocenters. The van der Waals surface area contributed by atoms with Gasteiger partial charge >= 0.3 is 0 Å². The quantitative estimate of drug-likeness (QED) is 0.538. The Labute approximate surface area is 130 Å². The van der Waals surface area contributed by atoms with E-state index in [-0.39, 0.29) is 4.83 Å². The number of hydrogen-bond acceptors (Lipinski definition) is 0. The van der Waals surface area contributed by atoms with Gasteiger partial charge in [-0.1, -0.05) is 68.9 Å². The molecule has 94 valence electrons. The molecule has 18 heavy (non-hydrogen) atoms. The maximum Gasteiger partial charge on any atom is 0.0674 e.